The highest BCUT2D eigenvalue weighted by Gasteiger charge is 2.29. The number of hydrogen-bond donors (Lipinski definition) is 0. The van der Waals surface area contributed by atoms with Crippen LogP contribution in [0.15, 0.2) is 23.8 Å². The summed E-state index contributed by atoms with van der Waals surface area (Å²) in [5.41, 5.74) is 1.50. The van der Waals surface area contributed by atoms with Crippen molar-refractivity contribution in [3.05, 3.63) is 23.8 Å². The molecule has 2 rings (SSSR count). The van der Waals surface area contributed by atoms with Crippen molar-refractivity contribution >= 4 is 0 Å². The van der Waals surface area contributed by atoms with Gasteiger partial charge in [-0.1, -0.05) is 23.8 Å². The number of nitrogens with zero attached hydrogens (tertiary/aromatic N) is 1. The minimum Gasteiger partial charge on any atom is -0.198 e. The summed E-state index contributed by atoms with van der Waals surface area (Å²) in [5, 5.41) is 8.38. The second-order valence-corrected chi connectivity index (χ2v) is 3.33. The summed E-state index contributed by atoms with van der Waals surface area (Å²) < 4.78 is 0. The van der Waals surface area contributed by atoms with E-state index in [-0.39, 0.29) is 0 Å². The summed E-state index contributed by atoms with van der Waals surface area (Å²) in [6.07, 6.45) is 9.81. The standard InChI is InChI=1S/C10H11N/c11-5-1-2-9-6-8-3-4-10(9)7-8/h2-4,8,10H,1,6-7H2/b9-2+. The van der Waals surface area contributed by atoms with Gasteiger partial charge in [0, 0.05) is 0 Å². The summed E-state index contributed by atoms with van der Waals surface area (Å²) in [6, 6.07) is 2.15. The molecule has 0 radical (unpaired) electrons. The molecule has 2 aliphatic carbocycles. The summed E-state index contributed by atoms with van der Waals surface area (Å²) in [6.45, 7) is 0. The van der Waals surface area contributed by atoms with Crippen molar-refractivity contribution in [1.82, 2.24) is 0 Å². The predicted molar refractivity (Wildman–Crippen MR) is 43.7 cm³/mol. The molecule has 2 atom stereocenters. The Hall–Kier alpha value is -1.03. The summed E-state index contributed by atoms with van der Waals surface area (Å²) in [7, 11) is 0. The van der Waals surface area contributed by atoms with Gasteiger partial charge in [-0.2, -0.15) is 5.26 Å². The zero-order valence-electron chi connectivity index (χ0n) is 6.46. The third kappa shape index (κ3) is 1.09. The topological polar surface area (TPSA) is 23.8 Å². The fourth-order valence-electron chi connectivity index (χ4n) is 2.07. The third-order valence-electron chi connectivity index (χ3n) is 2.60. The average Bonchev–Trinajstić information content (AvgIpc) is 2.60. The van der Waals surface area contributed by atoms with Crippen molar-refractivity contribution < 1.29 is 0 Å². The van der Waals surface area contributed by atoms with Crippen LogP contribution in [0.1, 0.15) is 19.3 Å². The molecule has 2 aliphatic rings. The quantitative estimate of drug-likeness (QED) is 0.520. The Morgan fingerprint density at radius 1 is 1.64 bits per heavy atom. The van der Waals surface area contributed by atoms with Gasteiger partial charge in [-0.3, -0.25) is 0 Å². The van der Waals surface area contributed by atoms with Crippen LogP contribution in [0.25, 0.3) is 0 Å². The molecule has 2 unspecified atom stereocenters. The van der Waals surface area contributed by atoms with E-state index >= 15 is 0 Å². The van der Waals surface area contributed by atoms with Gasteiger partial charge < -0.3 is 0 Å². The molecular formula is C10H11N. The maximum atomic E-state index is 8.38. The first-order valence-electron chi connectivity index (χ1n) is 4.14. The molecule has 0 N–H and O–H groups in total. The second-order valence-electron chi connectivity index (χ2n) is 3.33. The zero-order valence-corrected chi connectivity index (χ0v) is 6.46. The van der Waals surface area contributed by atoms with Crippen LogP contribution < -0.4 is 0 Å². The van der Waals surface area contributed by atoms with Crippen LogP contribution in [0.5, 0.6) is 0 Å². The molecule has 11 heavy (non-hydrogen) atoms. The summed E-state index contributed by atoms with van der Waals surface area (Å²) >= 11 is 0. The Balaban J connectivity index is 2.09. The van der Waals surface area contributed by atoms with Crippen molar-refractivity contribution in [1.29, 1.82) is 5.26 Å². The van der Waals surface area contributed by atoms with E-state index in [1.807, 2.05) is 0 Å². The highest BCUT2D eigenvalue weighted by molar-refractivity contribution is 5.27. The molecule has 0 aromatic rings. The molecule has 0 aliphatic heterocycles. The van der Waals surface area contributed by atoms with Crippen LogP contribution in [0.2, 0.25) is 0 Å². The zero-order chi connectivity index (χ0) is 7.68. The monoisotopic (exact) mass is 145 g/mol. The number of fused-ring (bicyclic) bond motifs is 2. The van der Waals surface area contributed by atoms with Gasteiger partial charge in [-0.05, 0) is 24.7 Å². The lowest BCUT2D eigenvalue weighted by Crippen LogP contribution is -1.91. The Kier molecular flexibility index (Phi) is 1.54. The molecule has 0 aromatic carbocycles. The van der Waals surface area contributed by atoms with Crippen molar-refractivity contribution in [2.75, 3.05) is 0 Å². The first-order chi connectivity index (χ1) is 5.40. The van der Waals surface area contributed by atoms with Gasteiger partial charge in [0.25, 0.3) is 0 Å². The minimum absolute atomic E-state index is 0.590. The highest BCUT2D eigenvalue weighted by Crippen LogP contribution is 2.42. The lowest BCUT2D eigenvalue weighted by atomic mass is 10.00. The van der Waals surface area contributed by atoms with E-state index < -0.39 is 0 Å². The van der Waals surface area contributed by atoms with E-state index in [9.17, 15) is 0 Å². The lowest BCUT2D eigenvalue weighted by Gasteiger charge is -2.05. The van der Waals surface area contributed by atoms with Crippen LogP contribution in [-0.2, 0) is 0 Å². The smallest absolute Gasteiger partial charge is 0.0663 e. The summed E-state index contributed by atoms with van der Waals surface area (Å²) in [5.74, 6) is 1.48. The number of allylic oxidation sites excluding steroid dienone is 4. The van der Waals surface area contributed by atoms with Crippen molar-refractivity contribution in [3.63, 3.8) is 0 Å². The van der Waals surface area contributed by atoms with E-state index in [0.29, 0.717) is 12.3 Å². The molecule has 1 nitrogen and oxygen atoms in total. The molecule has 1 saturated carbocycles. The lowest BCUT2D eigenvalue weighted by molar-refractivity contribution is 0.693. The molecule has 0 saturated heterocycles. The Morgan fingerprint density at radius 3 is 3.09 bits per heavy atom. The maximum absolute atomic E-state index is 8.38. The Morgan fingerprint density at radius 2 is 2.55 bits per heavy atom. The van der Waals surface area contributed by atoms with Gasteiger partial charge in [0.1, 0.15) is 0 Å². The number of rotatable bonds is 1. The number of hydrogen-bond acceptors (Lipinski definition) is 1. The van der Waals surface area contributed by atoms with Gasteiger partial charge in [-0.25, -0.2) is 0 Å². The molecule has 0 spiro atoms. The van der Waals surface area contributed by atoms with Gasteiger partial charge in [0.2, 0.25) is 0 Å². The predicted octanol–water partition coefficient (Wildman–Crippen LogP) is 2.42. The van der Waals surface area contributed by atoms with Crippen LogP contribution >= 0.6 is 0 Å². The molecule has 1 fully saturated rings. The third-order valence-corrected chi connectivity index (χ3v) is 2.60. The molecule has 0 aromatic heterocycles. The second kappa shape index (κ2) is 2.54. The fraction of sp³-hybridized carbons (Fsp3) is 0.500. The minimum atomic E-state index is 0.590. The Bertz CT molecular complexity index is 255. The average molecular weight is 145 g/mol. The molecule has 2 bridgehead atoms. The number of nitriles is 1. The van der Waals surface area contributed by atoms with Gasteiger partial charge in [0.15, 0.2) is 0 Å². The normalized spacial score (nSPS) is 36.5. The van der Waals surface area contributed by atoms with E-state index in [0.717, 1.165) is 5.92 Å². The van der Waals surface area contributed by atoms with Gasteiger partial charge in [-0.15, -0.1) is 0 Å². The van der Waals surface area contributed by atoms with Crippen LogP contribution in [0, 0.1) is 23.2 Å². The van der Waals surface area contributed by atoms with Crippen LogP contribution in [0.4, 0.5) is 0 Å². The highest BCUT2D eigenvalue weighted by atomic mass is 14.3. The van der Waals surface area contributed by atoms with E-state index in [1.54, 1.807) is 0 Å². The van der Waals surface area contributed by atoms with Crippen LogP contribution in [0.3, 0.4) is 0 Å². The molecule has 0 heterocycles. The Labute approximate surface area is 67.0 Å². The maximum Gasteiger partial charge on any atom is 0.0663 e. The van der Waals surface area contributed by atoms with Crippen molar-refractivity contribution in [3.8, 4) is 6.07 Å². The SMILES string of the molecule is N#CC/C=C1\CC2C=CC1C2. The van der Waals surface area contributed by atoms with Gasteiger partial charge in [0.05, 0.1) is 12.5 Å². The van der Waals surface area contributed by atoms with Crippen LogP contribution in [-0.4, -0.2) is 0 Å². The van der Waals surface area contributed by atoms with Crippen molar-refractivity contribution in [2.24, 2.45) is 11.8 Å². The first kappa shape index (κ1) is 6.67. The summed E-state index contributed by atoms with van der Waals surface area (Å²) in [4.78, 5) is 0. The van der Waals surface area contributed by atoms with Gasteiger partial charge >= 0.3 is 0 Å². The molecular weight excluding hydrogens is 134 g/mol. The molecule has 56 valence electrons. The largest absolute Gasteiger partial charge is 0.198 e. The van der Waals surface area contributed by atoms with E-state index in [1.165, 1.54) is 18.4 Å². The van der Waals surface area contributed by atoms with Crippen molar-refractivity contribution in [2.45, 2.75) is 19.3 Å². The van der Waals surface area contributed by atoms with E-state index in [2.05, 4.69) is 24.3 Å². The first-order valence-corrected chi connectivity index (χ1v) is 4.14. The molecule has 0 amide bonds. The fourth-order valence-corrected chi connectivity index (χ4v) is 2.07. The molecule has 1 heteroatoms. The van der Waals surface area contributed by atoms with E-state index in [4.69, 9.17) is 5.26 Å².